The Kier molecular flexibility index (Phi) is 3.10. The van der Waals surface area contributed by atoms with Crippen LogP contribution in [-0.2, 0) is 13.7 Å². The molecule has 4 nitrogen and oxygen atoms in total. The summed E-state index contributed by atoms with van der Waals surface area (Å²) in [5.41, 5.74) is 2.26. The second-order valence-corrected chi connectivity index (χ2v) is 3.78. The Bertz CT molecular complexity index is 552. The third kappa shape index (κ3) is 2.28. The number of ether oxygens (including phenoxy) is 1. The molecule has 0 amide bonds. The molecule has 0 saturated carbocycles. The molecule has 4 heteroatoms. The second kappa shape index (κ2) is 4.71. The van der Waals surface area contributed by atoms with Gasteiger partial charge in [-0.25, -0.2) is 4.68 Å². The van der Waals surface area contributed by atoms with Crippen LogP contribution in [0.5, 0.6) is 5.88 Å². The average Bonchev–Trinajstić information content (AvgIpc) is 2.62. The maximum atomic E-state index is 9.03. The largest absolute Gasteiger partial charge is 0.472 e. The fourth-order valence-electron chi connectivity index (χ4n) is 1.66. The smallest absolute Gasteiger partial charge is 0.230 e. The van der Waals surface area contributed by atoms with Crippen LogP contribution >= 0.6 is 0 Å². The second-order valence-electron chi connectivity index (χ2n) is 3.78. The van der Waals surface area contributed by atoms with Crippen LogP contribution in [-0.4, -0.2) is 9.78 Å². The van der Waals surface area contributed by atoms with E-state index >= 15 is 0 Å². The van der Waals surface area contributed by atoms with Crippen LogP contribution in [0.2, 0.25) is 0 Å². The highest BCUT2D eigenvalue weighted by Gasteiger charge is 2.13. The summed E-state index contributed by atoms with van der Waals surface area (Å²) in [4.78, 5) is 0. The lowest BCUT2D eigenvalue weighted by Gasteiger charge is -2.06. The van der Waals surface area contributed by atoms with Gasteiger partial charge in [0.1, 0.15) is 18.2 Å². The Labute approximate surface area is 100 Å². The Balaban J connectivity index is 2.18. The van der Waals surface area contributed by atoms with Crippen molar-refractivity contribution in [3.05, 3.63) is 47.2 Å². The first kappa shape index (κ1) is 11.2. The molecule has 0 bridgehead atoms. The summed E-state index contributed by atoms with van der Waals surface area (Å²) in [6.45, 7) is 2.24. The van der Waals surface area contributed by atoms with E-state index in [0.717, 1.165) is 5.56 Å². The van der Waals surface area contributed by atoms with Crippen LogP contribution in [0.3, 0.4) is 0 Å². The summed E-state index contributed by atoms with van der Waals surface area (Å²) in [5.74, 6) is 0.522. The number of nitriles is 1. The lowest BCUT2D eigenvalue weighted by atomic mass is 10.2. The maximum absolute atomic E-state index is 9.03. The number of hydrogen-bond acceptors (Lipinski definition) is 3. The van der Waals surface area contributed by atoms with Gasteiger partial charge in [0.15, 0.2) is 0 Å². The predicted molar refractivity (Wildman–Crippen MR) is 63.4 cm³/mol. The number of aryl methyl sites for hydroxylation is 2. The first-order valence-corrected chi connectivity index (χ1v) is 5.33. The van der Waals surface area contributed by atoms with Crippen molar-refractivity contribution in [1.82, 2.24) is 9.78 Å². The van der Waals surface area contributed by atoms with Gasteiger partial charge in [-0.15, -0.1) is 0 Å². The van der Waals surface area contributed by atoms with Gasteiger partial charge in [-0.1, -0.05) is 30.3 Å². The molecule has 0 saturated heterocycles. The standard InChI is InChI=1S/C13H13N3O/c1-10-12(8-14)13(16(2)15-10)17-9-11-6-4-3-5-7-11/h3-7H,9H2,1-2H3. The lowest BCUT2D eigenvalue weighted by molar-refractivity contribution is 0.278. The molecule has 0 N–H and O–H groups in total. The predicted octanol–water partition coefficient (Wildman–Crippen LogP) is 2.18. The van der Waals surface area contributed by atoms with Crippen molar-refractivity contribution in [1.29, 1.82) is 5.26 Å². The average molecular weight is 227 g/mol. The van der Waals surface area contributed by atoms with Gasteiger partial charge in [0.05, 0.1) is 5.69 Å². The zero-order chi connectivity index (χ0) is 12.3. The van der Waals surface area contributed by atoms with E-state index in [1.807, 2.05) is 30.3 Å². The fourth-order valence-corrected chi connectivity index (χ4v) is 1.66. The van der Waals surface area contributed by atoms with E-state index < -0.39 is 0 Å². The Morgan fingerprint density at radius 1 is 1.35 bits per heavy atom. The Hall–Kier alpha value is -2.28. The molecule has 1 aromatic heterocycles. The van der Waals surface area contributed by atoms with Gasteiger partial charge in [-0.2, -0.15) is 10.4 Å². The van der Waals surface area contributed by atoms with Crippen LogP contribution in [0.25, 0.3) is 0 Å². The van der Waals surface area contributed by atoms with Gasteiger partial charge in [0.25, 0.3) is 0 Å². The zero-order valence-corrected chi connectivity index (χ0v) is 9.84. The molecule has 2 aromatic rings. The molecule has 0 radical (unpaired) electrons. The van der Waals surface area contributed by atoms with Crippen molar-refractivity contribution in [2.24, 2.45) is 7.05 Å². The Morgan fingerprint density at radius 2 is 2.06 bits per heavy atom. The molecule has 0 unspecified atom stereocenters. The normalized spacial score (nSPS) is 9.94. The minimum atomic E-state index is 0.439. The van der Waals surface area contributed by atoms with Gasteiger partial charge >= 0.3 is 0 Å². The van der Waals surface area contributed by atoms with Gasteiger partial charge < -0.3 is 4.74 Å². The van der Waals surface area contributed by atoms with Gasteiger partial charge in [-0.3, -0.25) is 0 Å². The maximum Gasteiger partial charge on any atom is 0.230 e. The van der Waals surface area contributed by atoms with E-state index in [-0.39, 0.29) is 0 Å². The molecule has 1 heterocycles. The summed E-state index contributed by atoms with van der Waals surface area (Å²) in [7, 11) is 1.77. The van der Waals surface area contributed by atoms with Crippen molar-refractivity contribution >= 4 is 0 Å². The fraction of sp³-hybridized carbons (Fsp3) is 0.231. The highest BCUT2D eigenvalue weighted by atomic mass is 16.5. The van der Waals surface area contributed by atoms with E-state index in [2.05, 4.69) is 11.2 Å². The van der Waals surface area contributed by atoms with E-state index in [4.69, 9.17) is 10.00 Å². The van der Waals surface area contributed by atoms with Gasteiger partial charge in [-0.05, 0) is 12.5 Å². The molecule has 86 valence electrons. The van der Waals surface area contributed by atoms with E-state index in [1.165, 1.54) is 0 Å². The lowest BCUT2D eigenvalue weighted by Crippen LogP contribution is -2.01. The van der Waals surface area contributed by atoms with Crippen LogP contribution in [0.15, 0.2) is 30.3 Å². The number of rotatable bonds is 3. The van der Waals surface area contributed by atoms with Crippen molar-refractivity contribution in [2.75, 3.05) is 0 Å². The van der Waals surface area contributed by atoms with Gasteiger partial charge in [0, 0.05) is 7.05 Å². The zero-order valence-electron chi connectivity index (χ0n) is 9.84. The quantitative estimate of drug-likeness (QED) is 0.807. The number of aromatic nitrogens is 2. The summed E-state index contributed by atoms with van der Waals surface area (Å²) >= 11 is 0. The van der Waals surface area contributed by atoms with Crippen molar-refractivity contribution in [3.8, 4) is 11.9 Å². The third-order valence-corrected chi connectivity index (χ3v) is 2.50. The van der Waals surface area contributed by atoms with E-state index in [0.29, 0.717) is 23.7 Å². The van der Waals surface area contributed by atoms with Crippen LogP contribution in [0, 0.1) is 18.3 Å². The molecule has 0 aliphatic carbocycles. The third-order valence-electron chi connectivity index (χ3n) is 2.50. The first-order chi connectivity index (χ1) is 8.22. The van der Waals surface area contributed by atoms with E-state index in [1.54, 1.807) is 18.7 Å². The monoisotopic (exact) mass is 227 g/mol. The topological polar surface area (TPSA) is 50.8 Å². The summed E-state index contributed by atoms with van der Waals surface area (Å²) < 4.78 is 7.24. The SMILES string of the molecule is Cc1nn(C)c(OCc2ccccc2)c1C#N. The summed E-state index contributed by atoms with van der Waals surface area (Å²) in [5, 5.41) is 13.2. The molecule has 0 spiro atoms. The van der Waals surface area contributed by atoms with Crippen LogP contribution in [0.1, 0.15) is 16.8 Å². The number of hydrogen-bond donors (Lipinski definition) is 0. The van der Waals surface area contributed by atoms with Crippen LogP contribution < -0.4 is 4.74 Å². The minimum Gasteiger partial charge on any atom is -0.472 e. The molecular weight excluding hydrogens is 214 g/mol. The molecule has 2 rings (SSSR count). The minimum absolute atomic E-state index is 0.439. The summed E-state index contributed by atoms with van der Waals surface area (Å²) in [6.07, 6.45) is 0. The molecular formula is C13H13N3O. The first-order valence-electron chi connectivity index (χ1n) is 5.33. The highest BCUT2D eigenvalue weighted by molar-refractivity contribution is 5.42. The highest BCUT2D eigenvalue weighted by Crippen LogP contribution is 2.21. The summed E-state index contributed by atoms with van der Waals surface area (Å²) in [6, 6.07) is 11.9. The molecule has 0 fully saturated rings. The molecule has 17 heavy (non-hydrogen) atoms. The van der Waals surface area contributed by atoms with Crippen molar-refractivity contribution in [3.63, 3.8) is 0 Å². The van der Waals surface area contributed by atoms with E-state index in [9.17, 15) is 0 Å². The van der Waals surface area contributed by atoms with Gasteiger partial charge in [0.2, 0.25) is 5.88 Å². The number of nitrogens with zero attached hydrogens (tertiary/aromatic N) is 3. The molecule has 1 aromatic carbocycles. The number of benzene rings is 1. The Morgan fingerprint density at radius 3 is 2.71 bits per heavy atom. The molecule has 0 aliphatic heterocycles. The molecule has 0 aliphatic rings. The van der Waals surface area contributed by atoms with Crippen molar-refractivity contribution < 1.29 is 4.74 Å². The van der Waals surface area contributed by atoms with Crippen molar-refractivity contribution in [2.45, 2.75) is 13.5 Å². The molecule has 0 atom stereocenters. The van der Waals surface area contributed by atoms with Crippen LogP contribution in [0.4, 0.5) is 0 Å².